The van der Waals surface area contributed by atoms with Crippen LogP contribution in [0, 0.1) is 0 Å². The second-order valence-electron chi connectivity index (χ2n) is 4.27. The Bertz CT molecular complexity index is 457. The van der Waals surface area contributed by atoms with Gasteiger partial charge in [0.2, 0.25) is 0 Å². The van der Waals surface area contributed by atoms with Gasteiger partial charge in [-0.15, -0.1) is 0 Å². The van der Waals surface area contributed by atoms with Crippen LogP contribution in [0.3, 0.4) is 0 Å². The average Bonchev–Trinajstić information content (AvgIpc) is 2.15. The largest absolute Gasteiger partial charge is 0.382 e. The molecule has 0 amide bonds. The van der Waals surface area contributed by atoms with E-state index in [1.165, 1.54) is 6.26 Å². The lowest BCUT2D eigenvalue weighted by atomic mass is 10.2. The number of ether oxygens (including phenoxy) is 1. The molecule has 1 aromatic carbocycles. The number of hydrogen-bond donors (Lipinski definition) is 1. The van der Waals surface area contributed by atoms with Crippen LogP contribution in [0.25, 0.3) is 0 Å². The van der Waals surface area contributed by atoms with Gasteiger partial charge in [-0.05, 0) is 24.6 Å². The van der Waals surface area contributed by atoms with E-state index in [-0.39, 0.29) is 11.8 Å². The number of rotatable bonds is 6. The Morgan fingerprint density at radius 3 is 2.71 bits per heavy atom. The topological polar surface area (TPSA) is 55.4 Å². The zero-order valence-corrected chi connectivity index (χ0v) is 11.3. The summed E-state index contributed by atoms with van der Waals surface area (Å²) in [4.78, 5) is 0. The summed E-state index contributed by atoms with van der Waals surface area (Å²) in [6.07, 6.45) is 1.24. The molecule has 1 rings (SSSR count). The molecule has 0 saturated heterocycles. The highest BCUT2D eigenvalue weighted by Crippen LogP contribution is 2.13. The Labute approximate surface area is 103 Å². The summed E-state index contributed by atoms with van der Waals surface area (Å²) in [6, 6.07) is 7.66. The monoisotopic (exact) mass is 257 g/mol. The SMILES string of the molecule is COCc1cccc(NC(C)CS(C)(=O)=O)c1. The molecule has 0 saturated carbocycles. The van der Waals surface area contributed by atoms with E-state index < -0.39 is 9.84 Å². The predicted octanol–water partition coefficient (Wildman–Crippen LogP) is 1.68. The van der Waals surface area contributed by atoms with Crippen molar-refractivity contribution in [1.29, 1.82) is 0 Å². The van der Waals surface area contributed by atoms with Crippen LogP contribution in [0.15, 0.2) is 24.3 Å². The van der Waals surface area contributed by atoms with Crippen molar-refractivity contribution in [3.05, 3.63) is 29.8 Å². The van der Waals surface area contributed by atoms with E-state index in [9.17, 15) is 8.42 Å². The number of hydrogen-bond acceptors (Lipinski definition) is 4. The normalized spacial score (nSPS) is 13.4. The van der Waals surface area contributed by atoms with Crippen LogP contribution in [-0.4, -0.2) is 33.6 Å². The van der Waals surface area contributed by atoms with Crippen molar-refractivity contribution >= 4 is 15.5 Å². The number of benzene rings is 1. The highest BCUT2D eigenvalue weighted by molar-refractivity contribution is 7.90. The van der Waals surface area contributed by atoms with Gasteiger partial charge in [-0.3, -0.25) is 0 Å². The molecule has 5 heteroatoms. The minimum absolute atomic E-state index is 0.109. The zero-order chi connectivity index (χ0) is 12.9. The van der Waals surface area contributed by atoms with E-state index in [4.69, 9.17) is 4.74 Å². The smallest absolute Gasteiger partial charge is 0.149 e. The van der Waals surface area contributed by atoms with E-state index in [1.807, 2.05) is 31.2 Å². The summed E-state index contributed by atoms with van der Waals surface area (Å²) in [5.41, 5.74) is 1.97. The van der Waals surface area contributed by atoms with Crippen molar-refractivity contribution in [2.75, 3.05) is 24.4 Å². The molecule has 0 heterocycles. The fourth-order valence-electron chi connectivity index (χ4n) is 1.70. The third-order valence-electron chi connectivity index (χ3n) is 2.20. The van der Waals surface area contributed by atoms with Crippen LogP contribution in [0.4, 0.5) is 5.69 Å². The molecule has 0 radical (unpaired) electrons. The van der Waals surface area contributed by atoms with Crippen molar-refractivity contribution in [3.8, 4) is 0 Å². The molecule has 0 bridgehead atoms. The molecule has 0 aliphatic heterocycles. The van der Waals surface area contributed by atoms with Crippen molar-refractivity contribution in [1.82, 2.24) is 0 Å². The second-order valence-corrected chi connectivity index (χ2v) is 6.46. The molecule has 4 nitrogen and oxygen atoms in total. The lowest BCUT2D eigenvalue weighted by Crippen LogP contribution is -2.24. The van der Waals surface area contributed by atoms with Gasteiger partial charge >= 0.3 is 0 Å². The lowest BCUT2D eigenvalue weighted by Gasteiger charge is -2.14. The van der Waals surface area contributed by atoms with Gasteiger partial charge in [-0.2, -0.15) is 0 Å². The summed E-state index contributed by atoms with van der Waals surface area (Å²) in [6.45, 7) is 2.40. The Morgan fingerprint density at radius 1 is 1.41 bits per heavy atom. The van der Waals surface area contributed by atoms with E-state index in [0.29, 0.717) is 6.61 Å². The van der Waals surface area contributed by atoms with Crippen LogP contribution in [-0.2, 0) is 21.2 Å². The van der Waals surface area contributed by atoms with Crippen LogP contribution in [0.5, 0.6) is 0 Å². The second kappa shape index (κ2) is 6.02. The summed E-state index contributed by atoms with van der Waals surface area (Å²) in [7, 11) is -1.31. The Balaban J connectivity index is 2.65. The first kappa shape index (κ1) is 14.0. The molecule has 0 aliphatic carbocycles. The van der Waals surface area contributed by atoms with Crippen LogP contribution < -0.4 is 5.32 Å². The average molecular weight is 257 g/mol. The van der Waals surface area contributed by atoms with Gasteiger partial charge in [0.05, 0.1) is 12.4 Å². The van der Waals surface area contributed by atoms with Gasteiger partial charge in [-0.1, -0.05) is 12.1 Å². The predicted molar refractivity (Wildman–Crippen MR) is 70.0 cm³/mol. The van der Waals surface area contributed by atoms with Crippen molar-refractivity contribution in [3.63, 3.8) is 0 Å². The summed E-state index contributed by atoms with van der Waals surface area (Å²) >= 11 is 0. The standard InChI is InChI=1S/C12H19NO3S/c1-10(9-17(3,14)15)13-12-6-4-5-11(7-12)8-16-2/h4-7,10,13H,8-9H2,1-3H3. The molecule has 1 atom stereocenters. The Hall–Kier alpha value is -1.07. The summed E-state index contributed by atoms with van der Waals surface area (Å²) in [5, 5.41) is 3.16. The molecular formula is C12H19NO3S. The van der Waals surface area contributed by atoms with Gasteiger partial charge in [0, 0.05) is 25.1 Å². The number of sulfone groups is 1. The van der Waals surface area contributed by atoms with Crippen molar-refractivity contribution in [2.24, 2.45) is 0 Å². The van der Waals surface area contributed by atoms with E-state index in [2.05, 4.69) is 5.32 Å². The van der Waals surface area contributed by atoms with Crippen molar-refractivity contribution < 1.29 is 13.2 Å². The molecule has 1 unspecified atom stereocenters. The first-order valence-corrected chi connectivity index (χ1v) is 7.49. The number of methoxy groups -OCH3 is 1. The molecule has 0 spiro atoms. The maximum Gasteiger partial charge on any atom is 0.149 e. The molecule has 1 N–H and O–H groups in total. The molecular weight excluding hydrogens is 238 g/mol. The van der Waals surface area contributed by atoms with Gasteiger partial charge < -0.3 is 10.1 Å². The maximum absolute atomic E-state index is 11.1. The quantitative estimate of drug-likeness (QED) is 0.842. The zero-order valence-electron chi connectivity index (χ0n) is 10.4. The minimum atomic E-state index is -2.95. The molecule has 0 fully saturated rings. The Kier molecular flexibility index (Phi) is 4.96. The van der Waals surface area contributed by atoms with Crippen molar-refractivity contribution in [2.45, 2.75) is 19.6 Å². The summed E-state index contributed by atoms with van der Waals surface area (Å²) < 4.78 is 27.3. The lowest BCUT2D eigenvalue weighted by molar-refractivity contribution is 0.185. The fourth-order valence-corrected chi connectivity index (χ4v) is 2.69. The van der Waals surface area contributed by atoms with Gasteiger partial charge in [-0.25, -0.2) is 8.42 Å². The first-order valence-electron chi connectivity index (χ1n) is 5.43. The third-order valence-corrected chi connectivity index (χ3v) is 3.31. The maximum atomic E-state index is 11.1. The van der Waals surface area contributed by atoms with Gasteiger partial charge in [0.15, 0.2) is 0 Å². The fraction of sp³-hybridized carbons (Fsp3) is 0.500. The van der Waals surface area contributed by atoms with E-state index >= 15 is 0 Å². The van der Waals surface area contributed by atoms with Gasteiger partial charge in [0.25, 0.3) is 0 Å². The van der Waals surface area contributed by atoms with Crippen LogP contribution >= 0.6 is 0 Å². The van der Waals surface area contributed by atoms with Crippen LogP contribution in [0.2, 0.25) is 0 Å². The van der Waals surface area contributed by atoms with E-state index in [0.717, 1.165) is 11.3 Å². The molecule has 96 valence electrons. The third kappa shape index (κ3) is 5.70. The first-order chi connectivity index (χ1) is 7.90. The number of anilines is 1. The van der Waals surface area contributed by atoms with Crippen LogP contribution in [0.1, 0.15) is 12.5 Å². The summed E-state index contributed by atoms with van der Waals surface area (Å²) in [5.74, 6) is 0.126. The minimum Gasteiger partial charge on any atom is -0.382 e. The molecule has 17 heavy (non-hydrogen) atoms. The number of nitrogens with one attached hydrogen (secondary N) is 1. The molecule has 1 aromatic rings. The molecule has 0 aliphatic rings. The molecule has 0 aromatic heterocycles. The Morgan fingerprint density at radius 2 is 2.12 bits per heavy atom. The highest BCUT2D eigenvalue weighted by atomic mass is 32.2. The van der Waals surface area contributed by atoms with Gasteiger partial charge in [0.1, 0.15) is 9.84 Å². The highest BCUT2D eigenvalue weighted by Gasteiger charge is 2.10. The van der Waals surface area contributed by atoms with E-state index in [1.54, 1.807) is 7.11 Å².